The smallest absolute Gasteiger partial charge is 0.410 e. The molecule has 0 aromatic heterocycles. The van der Waals surface area contributed by atoms with Crippen LogP contribution in [0, 0.1) is 6.92 Å². The summed E-state index contributed by atoms with van der Waals surface area (Å²) in [6.07, 6.45) is 3.49. The van der Waals surface area contributed by atoms with E-state index in [0.29, 0.717) is 5.75 Å². The molecule has 2 bridgehead atoms. The molecule has 0 unspecified atom stereocenters. The lowest BCUT2D eigenvalue weighted by Crippen LogP contribution is -2.50. The zero-order chi connectivity index (χ0) is 17.5. The minimum atomic E-state index is -0.469. The van der Waals surface area contributed by atoms with Crippen molar-refractivity contribution in [2.24, 2.45) is 0 Å². The highest BCUT2D eigenvalue weighted by Gasteiger charge is 2.45. The molecular weight excluding hydrogens is 306 g/mol. The summed E-state index contributed by atoms with van der Waals surface area (Å²) in [6, 6.07) is 5.66. The Balaban J connectivity index is 1.65. The Morgan fingerprint density at radius 3 is 2.33 bits per heavy atom. The molecule has 2 aliphatic heterocycles. The maximum atomic E-state index is 12.5. The predicted octanol–water partition coefficient (Wildman–Crippen LogP) is 4.01. The quantitative estimate of drug-likeness (QED) is 0.888. The second-order valence-corrected chi connectivity index (χ2v) is 7.99. The minimum absolute atomic E-state index is 0.0717. The first kappa shape index (κ1) is 16.9. The van der Waals surface area contributed by atoms with Crippen LogP contribution in [0.15, 0.2) is 18.2 Å². The van der Waals surface area contributed by atoms with Crippen molar-refractivity contribution in [2.75, 3.05) is 0 Å². The third kappa shape index (κ3) is 3.77. The molecular formula is C19H27NO4. The number of benzene rings is 1. The van der Waals surface area contributed by atoms with E-state index in [-0.39, 0.29) is 30.0 Å². The van der Waals surface area contributed by atoms with Gasteiger partial charge in [0.2, 0.25) is 0 Å². The van der Waals surface area contributed by atoms with Gasteiger partial charge in [0.05, 0.1) is 0 Å². The molecule has 0 aliphatic carbocycles. The first-order valence-electron chi connectivity index (χ1n) is 8.70. The Morgan fingerprint density at radius 2 is 1.79 bits per heavy atom. The second kappa shape index (κ2) is 6.19. The predicted molar refractivity (Wildman–Crippen MR) is 91.4 cm³/mol. The summed E-state index contributed by atoms with van der Waals surface area (Å²) in [5.41, 5.74) is 0.502. The number of amides is 1. The minimum Gasteiger partial charge on any atom is -0.508 e. The van der Waals surface area contributed by atoms with Gasteiger partial charge in [0, 0.05) is 31.0 Å². The van der Waals surface area contributed by atoms with Gasteiger partial charge in [-0.05, 0) is 58.2 Å². The Hall–Kier alpha value is -1.91. The molecule has 3 atom stereocenters. The fourth-order valence-corrected chi connectivity index (χ4v) is 3.82. The van der Waals surface area contributed by atoms with Crippen molar-refractivity contribution in [3.63, 3.8) is 0 Å². The molecule has 2 fully saturated rings. The van der Waals surface area contributed by atoms with Crippen LogP contribution in [-0.2, 0) is 4.74 Å². The molecule has 2 aliphatic rings. The molecule has 0 spiro atoms. The number of ether oxygens (including phenoxy) is 2. The van der Waals surface area contributed by atoms with Crippen LogP contribution >= 0.6 is 0 Å². The van der Waals surface area contributed by atoms with Gasteiger partial charge in [-0.15, -0.1) is 0 Å². The standard InChI is InChI=1S/C19H27NO4/c1-12-7-15(21)11-16(8-12)23-17-9-13-5-6-14(10-17)20(13)18(22)24-19(2,3)4/h7-8,11,13-14,17,21H,5-6,9-10H2,1-4H3/t13-,14+,17+. The Bertz CT molecular complexity index is 588. The number of piperidine rings is 1. The van der Waals surface area contributed by atoms with Crippen molar-refractivity contribution in [1.29, 1.82) is 0 Å². The average Bonchev–Trinajstić information content (AvgIpc) is 2.68. The number of phenols is 1. The van der Waals surface area contributed by atoms with Crippen molar-refractivity contribution in [1.82, 2.24) is 4.90 Å². The highest BCUT2D eigenvalue weighted by atomic mass is 16.6. The van der Waals surface area contributed by atoms with Gasteiger partial charge in [-0.3, -0.25) is 0 Å². The van der Waals surface area contributed by atoms with Crippen molar-refractivity contribution >= 4 is 6.09 Å². The lowest BCUT2D eigenvalue weighted by molar-refractivity contribution is -0.00707. The summed E-state index contributed by atoms with van der Waals surface area (Å²) in [5.74, 6) is 0.918. The maximum Gasteiger partial charge on any atom is 0.410 e. The zero-order valence-electron chi connectivity index (χ0n) is 14.9. The van der Waals surface area contributed by atoms with Crippen LogP contribution in [0.25, 0.3) is 0 Å². The van der Waals surface area contributed by atoms with Crippen LogP contribution in [0.4, 0.5) is 4.79 Å². The van der Waals surface area contributed by atoms with E-state index in [1.54, 1.807) is 12.1 Å². The number of hydrogen-bond donors (Lipinski definition) is 1. The van der Waals surface area contributed by atoms with Crippen LogP contribution in [-0.4, -0.2) is 39.9 Å². The molecule has 2 heterocycles. The SMILES string of the molecule is Cc1cc(O)cc(O[C@H]2C[C@H]3CC[C@@H](C2)N3C(=O)OC(C)(C)C)c1. The van der Waals surface area contributed by atoms with Crippen LogP contribution in [0.2, 0.25) is 0 Å². The third-order valence-electron chi connectivity index (χ3n) is 4.63. The Kier molecular flexibility index (Phi) is 4.37. The number of carbonyl (C=O) groups is 1. The van der Waals surface area contributed by atoms with Gasteiger partial charge in [0.1, 0.15) is 23.2 Å². The van der Waals surface area contributed by atoms with E-state index in [9.17, 15) is 9.90 Å². The highest BCUT2D eigenvalue weighted by Crippen LogP contribution is 2.38. The van der Waals surface area contributed by atoms with Crippen LogP contribution in [0.3, 0.4) is 0 Å². The number of fused-ring (bicyclic) bond motifs is 2. The third-order valence-corrected chi connectivity index (χ3v) is 4.63. The number of nitrogens with zero attached hydrogens (tertiary/aromatic N) is 1. The van der Waals surface area contributed by atoms with Crippen LogP contribution < -0.4 is 4.74 Å². The van der Waals surface area contributed by atoms with Crippen molar-refractivity contribution in [2.45, 2.75) is 77.2 Å². The van der Waals surface area contributed by atoms with Gasteiger partial charge in [-0.2, -0.15) is 0 Å². The van der Waals surface area contributed by atoms with E-state index < -0.39 is 5.60 Å². The van der Waals surface area contributed by atoms with Gasteiger partial charge in [-0.25, -0.2) is 4.79 Å². The van der Waals surface area contributed by atoms with E-state index in [0.717, 1.165) is 31.2 Å². The van der Waals surface area contributed by atoms with Crippen molar-refractivity contribution < 1.29 is 19.4 Å². The molecule has 0 saturated carbocycles. The first-order chi connectivity index (χ1) is 11.2. The first-order valence-corrected chi connectivity index (χ1v) is 8.70. The van der Waals surface area contributed by atoms with Crippen molar-refractivity contribution in [3.05, 3.63) is 23.8 Å². The van der Waals surface area contributed by atoms with E-state index in [4.69, 9.17) is 9.47 Å². The van der Waals surface area contributed by atoms with Gasteiger partial charge in [0.25, 0.3) is 0 Å². The molecule has 5 heteroatoms. The largest absolute Gasteiger partial charge is 0.508 e. The average molecular weight is 333 g/mol. The lowest BCUT2D eigenvalue weighted by Gasteiger charge is -2.39. The fraction of sp³-hybridized carbons (Fsp3) is 0.632. The zero-order valence-corrected chi connectivity index (χ0v) is 14.9. The lowest BCUT2D eigenvalue weighted by atomic mass is 10.00. The molecule has 2 saturated heterocycles. The molecule has 1 aromatic carbocycles. The van der Waals surface area contributed by atoms with Gasteiger partial charge in [-0.1, -0.05) is 0 Å². The molecule has 1 amide bonds. The highest BCUT2D eigenvalue weighted by molar-refractivity contribution is 5.69. The number of aryl methyl sites for hydroxylation is 1. The molecule has 1 N–H and O–H groups in total. The van der Waals surface area contributed by atoms with Crippen molar-refractivity contribution in [3.8, 4) is 11.5 Å². The van der Waals surface area contributed by atoms with E-state index >= 15 is 0 Å². The molecule has 1 aromatic rings. The van der Waals surface area contributed by atoms with Gasteiger partial charge >= 0.3 is 6.09 Å². The Labute approximate surface area is 143 Å². The number of phenolic OH excluding ortho intramolecular Hbond substituents is 1. The summed E-state index contributed by atoms with van der Waals surface area (Å²) < 4.78 is 11.6. The van der Waals surface area contributed by atoms with Gasteiger partial charge < -0.3 is 19.5 Å². The number of hydrogen-bond acceptors (Lipinski definition) is 4. The summed E-state index contributed by atoms with van der Waals surface area (Å²) >= 11 is 0. The summed E-state index contributed by atoms with van der Waals surface area (Å²) in [5, 5.41) is 9.71. The molecule has 132 valence electrons. The van der Waals surface area contributed by atoms with E-state index in [1.807, 2.05) is 38.7 Å². The summed E-state index contributed by atoms with van der Waals surface area (Å²) in [6.45, 7) is 7.62. The summed E-state index contributed by atoms with van der Waals surface area (Å²) in [4.78, 5) is 14.4. The number of carbonyl (C=O) groups excluding carboxylic acids is 1. The monoisotopic (exact) mass is 333 g/mol. The molecule has 5 nitrogen and oxygen atoms in total. The van der Waals surface area contributed by atoms with E-state index in [2.05, 4.69) is 0 Å². The number of rotatable bonds is 2. The maximum absolute atomic E-state index is 12.5. The topological polar surface area (TPSA) is 59.0 Å². The fourth-order valence-electron chi connectivity index (χ4n) is 3.82. The second-order valence-electron chi connectivity index (χ2n) is 7.99. The van der Waals surface area contributed by atoms with Crippen LogP contribution in [0.1, 0.15) is 52.0 Å². The molecule has 3 rings (SSSR count). The van der Waals surface area contributed by atoms with E-state index in [1.165, 1.54) is 0 Å². The van der Waals surface area contributed by atoms with Crippen LogP contribution in [0.5, 0.6) is 11.5 Å². The normalized spacial score (nSPS) is 26.3. The summed E-state index contributed by atoms with van der Waals surface area (Å²) in [7, 11) is 0. The molecule has 0 radical (unpaired) electrons. The molecule has 24 heavy (non-hydrogen) atoms. The Morgan fingerprint density at radius 1 is 1.17 bits per heavy atom. The van der Waals surface area contributed by atoms with Gasteiger partial charge in [0.15, 0.2) is 0 Å². The number of aromatic hydroxyl groups is 1.